The van der Waals surface area contributed by atoms with Crippen LogP contribution in [0.15, 0.2) is 66.7 Å². The summed E-state index contributed by atoms with van der Waals surface area (Å²) in [6, 6.07) is 18.1. The number of methoxy groups -OCH3 is 1. The summed E-state index contributed by atoms with van der Waals surface area (Å²) >= 11 is 0. The standard InChI is InChI=1S/C20H14F3N3O/c1-27-16-9-5-8-14(10-16)19-25-24-18-12-15(20(21,22)23)11-17(26(18)19)13-6-3-2-4-7-13/h2-12H,1H3. The van der Waals surface area contributed by atoms with Crippen molar-refractivity contribution in [3.05, 3.63) is 72.3 Å². The van der Waals surface area contributed by atoms with E-state index in [0.29, 0.717) is 28.4 Å². The Balaban J connectivity index is 2.03. The van der Waals surface area contributed by atoms with Crippen molar-refractivity contribution >= 4 is 5.65 Å². The third-order valence-corrected chi connectivity index (χ3v) is 4.23. The zero-order valence-corrected chi connectivity index (χ0v) is 14.2. The Kier molecular flexibility index (Phi) is 4.07. The fourth-order valence-electron chi connectivity index (χ4n) is 2.95. The van der Waals surface area contributed by atoms with E-state index in [2.05, 4.69) is 10.2 Å². The smallest absolute Gasteiger partial charge is 0.416 e. The molecule has 0 spiro atoms. The molecule has 27 heavy (non-hydrogen) atoms. The maximum absolute atomic E-state index is 13.4. The molecule has 0 atom stereocenters. The van der Waals surface area contributed by atoms with E-state index in [0.717, 1.165) is 12.1 Å². The van der Waals surface area contributed by atoms with Crippen LogP contribution in [0.4, 0.5) is 13.2 Å². The second-order valence-corrected chi connectivity index (χ2v) is 5.94. The minimum absolute atomic E-state index is 0.126. The Bertz CT molecular complexity index is 1100. The van der Waals surface area contributed by atoms with Crippen LogP contribution in [0, 0.1) is 0 Å². The number of pyridine rings is 1. The lowest BCUT2D eigenvalue weighted by Gasteiger charge is -2.13. The minimum Gasteiger partial charge on any atom is -0.497 e. The first-order valence-corrected chi connectivity index (χ1v) is 8.13. The van der Waals surface area contributed by atoms with Gasteiger partial charge in [0.15, 0.2) is 11.5 Å². The lowest BCUT2D eigenvalue weighted by Crippen LogP contribution is -2.07. The molecular weight excluding hydrogens is 355 g/mol. The van der Waals surface area contributed by atoms with Gasteiger partial charge in [-0.1, -0.05) is 42.5 Å². The number of fused-ring (bicyclic) bond motifs is 1. The molecule has 0 fully saturated rings. The molecule has 4 aromatic rings. The molecule has 2 aromatic heterocycles. The molecule has 4 rings (SSSR count). The molecule has 7 heteroatoms. The average molecular weight is 369 g/mol. The van der Waals surface area contributed by atoms with Gasteiger partial charge < -0.3 is 4.74 Å². The first-order chi connectivity index (χ1) is 13.0. The fraction of sp³-hybridized carbons (Fsp3) is 0.100. The van der Waals surface area contributed by atoms with E-state index in [-0.39, 0.29) is 5.65 Å². The van der Waals surface area contributed by atoms with Crippen molar-refractivity contribution in [3.8, 4) is 28.4 Å². The van der Waals surface area contributed by atoms with Crippen LogP contribution in [0.1, 0.15) is 5.56 Å². The van der Waals surface area contributed by atoms with E-state index in [1.165, 1.54) is 0 Å². The van der Waals surface area contributed by atoms with Crippen LogP contribution in [0.2, 0.25) is 0 Å². The number of benzene rings is 2. The largest absolute Gasteiger partial charge is 0.497 e. The van der Waals surface area contributed by atoms with Gasteiger partial charge in [-0.2, -0.15) is 13.2 Å². The van der Waals surface area contributed by atoms with E-state index >= 15 is 0 Å². The number of ether oxygens (including phenoxy) is 1. The third-order valence-electron chi connectivity index (χ3n) is 4.23. The number of nitrogens with zero attached hydrogens (tertiary/aromatic N) is 3. The van der Waals surface area contributed by atoms with Gasteiger partial charge >= 0.3 is 6.18 Å². The number of hydrogen-bond donors (Lipinski definition) is 0. The maximum atomic E-state index is 13.4. The van der Waals surface area contributed by atoms with Crippen molar-refractivity contribution in [2.45, 2.75) is 6.18 Å². The number of alkyl halides is 3. The van der Waals surface area contributed by atoms with Gasteiger partial charge in [0.1, 0.15) is 5.75 Å². The molecule has 0 aliphatic rings. The van der Waals surface area contributed by atoms with Crippen molar-refractivity contribution in [2.24, 2.45) is 0 Å². The number of aromatic nitrogens is 3. The van der Waals surface area contributed by atoms with Gasteiger partial charge in [-0.25, -0.2) is 0 Å². The SMILES string of the molecule is COc1cccc(-c2nnc3cc(C(F)(F)F)cc(-c4ccccc4)n23)c1. The molecule has 0 aliphatic carbocycles. The highest BCUT2D eigenvalue weighted by Gasteiger charge is 2.32. The Morgan fingerprint density at radius 2 is 1.59 bits per heavy atom. The van der Waals surface area contributed by atoms with Gasteiger partial charge in [-0.3, -0.25) is 4.40 Å². The normalized spacial score (nSPS) is 11.7. The van der Waals surface area contributed by atoms with Crippen LogP contribution < -0.4 is 4.74 Å². The van der Waals surface area contributed by atoms with Crippen LogP contribution in [0.25, 0.3) is 28.3 Å². The van der Waals surface area contributed by atoms with Crippen LogP contribution in [0.5, 0.6) is 5.75 Å². The highest BCUT2D eigenvalue weighted by atomic mass is 19.4. The highest BCUT2D eigenvalue weighted by Crippen LogP contribution is 2.35. The summed E-state index contributed by atoms with van der Waals surface area (Å²) in [5.41, 5.74) is 1.06. The maximum Gasteiger partial charge on any atom is 0.416 e. The molecule has 0 bridgehead atoms. The van der Waals surface area contributed by atoms with E-state index in [1.807, 2.05) is 12.1 Å². The second-order valence-electron chi connectivity index (χ2n) is 5.94. The number of rotatable bonds is 3. The molecule has 136 valence electrons. The van der Waals surface area contributed by atoms with Crippen molar-refractivity contribution < 1.29 is 17.9 Å². The molecule has 0 aliphatic heterocycles. The topological polar surface area (TPSA) is 39.4 Å². The predicted octanol–water partition coefficient (Wildman–Crippen LogP) is 5.09. The second kappa shape index (κ2) is 6.42. The average Bonchev–Trinajstić information content (AvgIpc) is 3.11. The predicted molar refractivity (Wildman–Crippen MR) is 95.4 cm³/mol. The summed E-state index contributed by atoms with van der Waals surface area (Å²) in [7, 11) is 1.55. The molecule has 0 saturated heterocycles. The molecule has 0 saturated carbocycles. The zero-order valence-electron chi connectivity index (χ0n) is 14.2. The van der Waals surface area contributed by atoms with Gasteiger partial charge in [0.25, 0.3) is 0 Å². The van der Waals surface area contributed by atoms with Crippen molar-refractivity contribution in [3.63, 3.8) is 0 Å². The molecule has 0 unspecified atom stereocenters. The van der Waals surface area contributed by atoms with Crippen molar-refractivity contribution in [1.82, 2.24) is 14.6 Å². The highest BCUT2D eigenvalue weighted by molar-refractivity contribution is 5.71. The fourth-order valence-corrected chi connectivity index (χ4v) is 2.95. The number of halogens is 3. The first kappa shape index (κ1) is 17.1. The van der Waals surface area contributed by atoms with E-state index < -0.39 is 11.7 Å². The summed E-state index contributed by atoms with van der Waals surface area (Å²) < 4.78 is 47.0. The molecule has 0 N–H and O–H groups in total. The minimum atomic E-state index is -4.48. The molecule has 0 amide bonds. The summed E-state index contributed by atoms with van der Waals surface area (Å²) in [4.78, 5) is 0. The Morgan fingerprint density at radius 3 is 2.30 bits per heavy atom. The van der Waals surface area contributed by atoms with E-state index in [4.69, 9.17) is 4.74 Å². The third kappa shape index (κ3) is 3.12. The summed E-state index contributed by atoms with van der Waals surface area (Å²) in [5.74, 6) is 1.06. The van der Waals surface area contributed by atoms with Crippen molar-refractivity contribution in [1.29, 1.82) is 0 Å². The Labute approximate surface area is 152 Å². The van der Waals surface area contributed by atoms with Gasteiger partial charge in [0, 0.05) is 5.56 Å². The Hall–Kier alpha value is -3.35. The molecule has 4 nitrogen and oxygen atoms in total. The molecule has 2 aromatic carbocycles. The van der Waals surface area contributed by atoms with Crippen LogP contribution >= 0.6 is 0 Å². The van der Waals surface area contributed by atoms with Crippen LogP contribution in [0.3, 0.4) is 0 Å². The molecular formula is C20H14F3N3O. The lowest BCUT2D eigenvalue weighted by atomic mass is 10.1. The zero-order chi connectivity index (χ0) is 19.0. The first-order valence-electron chi connectivity index (χ1n) is 8.13. The van der Waals surface area contributed by atoms with E-state index in [1.54, 1.807) is 54.0 Å². The number of hydrogen-bond acceptors (Lipinski definition) is 3. The van der Waals surface area contributed by atoms with Crippen LogP contribution in [-0.2, 0) is 6.18 Å². The summed E-state index contributed by atoms with van der Waals surface area (Å²) in [6.45, 7) is 0. The molecule has 0 radical (unpaired) electrons. The van der Waals surface area contributed by atoms with Crippen molar-refractivity contribution in [2.75, 3.05) is 7.11 Å². The van der Waals surface area contributed by atoms with E-state index in [9.17, 15) is 13.2 Å². The monoisotopic (exact) mass is 369 g/mol. The summed E-state index contributed by atoms with van der Waals surface area (Å²) in [5, 5.41) is 8.12. The van der Waals surface area contributed by atoms with Gasteiger partial charge in [-0.05, 0) is 29.8 Å². The van der Waals surface area contributed by atoms with Gasteiger partial charge in [0.2, 0.25) is 0 Å². The lowest BCUT2D eigenvalue weighted by molar-refractivity contribution is -0.137. The van der Waals surface area contributed by atoms with Crippen LogP contribution in [-0.4, -0.2) is 21.7 Å². The summed E-state index contributed by atoms with van der Waals surface area (Å²) in [6.07, 6.45) is -4.48. The quantitative estimate of drug-likeness (QED) is 0.505. The molecule has 2 heterocycles. The Morgan fingerprint density at radius 1 is 0.852 bits per heavy atom. The van der Waals surface area contributed by atoms with Gasteiger partial charge in [-0.15, -0.1) is 10.2 Å². The van der Waals surface area contributed by atoms with Gasteiger partial charge in [0.05, 0.1) is 18.4 Å².